The zero-order valence-corrected chi connectivity index (χ0v) is 20.0. The van der Waals surface area contributed by atoms with E-state index in [0.717, 1.165) is 17.5 Å². The van der Waals surface area contributed by atoms with Crippen LogP contribution in [0.4, 0.5) is 4.79 Å². The molecule has 3 heterocycles. The maximum Gasteiger partial charge on any atom is 0.414 e. The average molecular weight is 465 g/mol. The van der Waals surface area contributed by atoms with Crippen molar-refractivity contribution in [2.45, 2.75) is 77.9 Å². The maximum absolute atomic E-state index is 13.1. The van der Waals surface area contributed by atoms with Crippen LogP contribution in [-0.2, 0) is 25.5 Å². The quantitative estimate of drug-likeness (QED) is 0.606. The van der Waals surface area contributed by atoms with E-state index in [1.54, 1.807) is 47.6 Å². The molecule has 3 atom stereocenters. The molecule has 0 N–H and O–H groups in total. The third kappa shape index (κ3) is 4.37. The molecule has 1 aromatic rings. The highest BCUT2D eigenvalue weighted by Crippen LogP contribution is 2.42. The fourth-order valence-corrected chi connectivity index (χ4v) is 4.49. The molecule has 1 saturated heterocycles. The van der Waals surface area contributed by atoms with Gasteiger partial charge in [0.05, 0.1) is 23.3 Å². The Labute approximate surface area is 192 Å². The number of halogens is 1. The minimum Gasteiger partial charge on any atom is -0.491 e. The molecule has 3 aliphatic rings. The third-order valence-corrected chi connectivity index (χ3v) is 5.64. The van der Waals surface area contributed by atoms with Gasteiger partial charge in [0.2, 0.25) is 6.23 Å². The molecule has 1 unspecified atom stereocenters. The van der Waals surface area contributed by atoms with Crippen molar-refractivity contribution in [2.75, 3.05) is 6.61 Å². The number of likely N-dealkylation sites (tertiary alicyclic amines) is 1. The van der Waals surface area contributed by atoms with Crippen molar-refractivity contribution < 1.29 is 28.6 Å². The molecule has 0 aromatic heterocycles. The first-order valence-corrected chi connectivity index (χ1v) is 11.2. The number of carbonyl (C=O) groups is 2. The summed E-state index contributed by atoms with van der Waals surface area (Å²) >= 11 is 6.42. The van der Waals surface area contributed by atoms with Crippen LogP contribution in [0.2, 0.25) is 5.02 Å². The summed E-state index contributed by atoms with van der Waals surface area (Å²) in [4.78, 5) is 33.1. The lowest BCUT2D eigenvalue weighted by atomic mass is 9.92. The van der Waals surface area contributed by atoms with E-state index in [1.165, 1.54) is 4.90 Å². The predicted molar refractivity (Wildman–Crippen MR) is 118 cm³/mol. The van der Waals surface area contributed by atoms with E-state index in [4.69, 9.17) is 30.6 Å². The predicted octanol–water partition coefficient (Wildman–Crippen LogP) is 4.30. The molecular weight excluding hydrogens is 436 g/mol. The number of hydrogen-bond donors (Lipinski definition) is 0. The van der Waals surface area contributed by atoms with Crippen molar-refractivity contribution in [1.82, 2.24) is 4.90 Å². The van der Waals surface area contributed by atoms with Gasteiger partial charge in [-0.15, -0.1) is 0 Å². The maximum atomic E-state index is 13.1. The molecule has 0 spiro atoms. The minimum atomic E-state index is -0.849. The van der Waals surface area contributed by atoms with Gasteiger partial charge in [-0.3, -0.25) is 4.90 Å². The van der Waals surface area contributed by atoms with Crippen molar-refractivity contribution >= 4 is 29.4 Å². The topological polar surface area (TPSA) is 86.7 Å². The first kappa shape index (κ1) is 22.7. The fourth-order valence-electron chi connectivity index (χ4n) is 4.19. The fraction of sp³-hybridized carbons (Fsp3) is 0.609. The molecule has 0 saturated carbocycles. The highest BCUT2D eigenvalue weighted by Gasteiger charge is 2.55. The van der Waals surface area contributed by atoms with E-state index in [2.05, 4.69) is 5.16 Å². The summed E-state index contributed by atoms with van der Waals surface area (Å²) in [5.41, 5.74) is 1.01. The Morgan fingerprint density at radius 3 is 2.47 bits per heavy atom. The molecule has 3 aliphatic heterocycles. The van der Waals surface area contributed by atoms with Gasteiger partial charge >= 0.3 is 12.1 Å². The van der Waals surface area contributed by atoms with Crippen molar-refractivity contribution in [1.29, 1.82) is 0 Å². The van der Waals surface area contributed by atoms with Crippen LogP contribution in [0.25, 0.3) is 0 Å². The lowest BCUT2D eigenvalue weighted by Crippen LogP contribution is -2.49. The van der Waals surface area contributed by atoms with Crippen LogP contribution < -0.4 is 4.74 Å². The van der Waals surface area contributed by atoms with Crippen LogP contribution in [0.1, 0.15) is 59.1 Å². The van der Waals surface area contributed by atoms with Crippen LogP contribution in [0.15, 0.2) is 17.3 Å². The largest absolute Gasteiger partial charge is 0.491 e. The average Bonchev–Trinajstić information content (AvgIpc) is 3.32. The highest BCUT2D eigenvalue weighted by atomic mass is 35.5. The third-order valence-electron chi connectivity index (χ3n) is 5.36. The Morgan fingerprint density at radius 1 is 1.12 bits per heavy atom. The van der Waals surface area contributed by atoms with Gasteiger partial charge in [0, 0.05) is 12.0 Å². The highest BCUT2D eigenvalue weighted by molar-refractivity contribution is 6.32. The minimum absolute atomic E-state index is 0.308. The standard InChI is InChI=1S/C23H29ClN2O6/c1-22(2,3)30-20(27)16-11-14-17(13-9-12-7-8-29-18(12)15(24)10-13)25-32-19(14)26(16)21(28)31-23(4,5)6/h9-10,14,16,19H,7-8,11H2,1-6H3/t14?,16-,19+/m0/s1. The van der Waals surface area contributed by atoms with Gasteiger partial charge in [-0.05, 0) is 65.7 Å². The number of fused-ring (bicyclic) bond motifs is 2. The van der Waals surface area contributed by atoms with Gasteiger partial charge in [-0.1, -0.05) is 16.8 Å². The van der Waals surface area contributed by atoms with Crippen molar-refractivity contribution in [2.24, 2.45) is 11.1 Å². The second-order valence-corrected chi connectivity index (χ2v) is 10.7. The first-order chi connectivity index (χ1) is 14.8. The molecule has 1 fully saturated rings. The molecule has 4 rings (SSSR count). The summed E-state index contributed by atoms with van der Waals surface area (Å²) in [6.07, 6.45) is -0.336. The lowest BCUT2D eigenvalue weighted by Gasteiger charge is -2.31. The van der Waals surface area contributed by atoms with E-state index >= 15 is 0 Å². The number of esters is 1. The van der Waals surface area contributed by atoms with Crippen molar-refractivity contribution in [3.63, 3.8) is 0 Å². The van der Waals surface area contributed by atoms with Crippen LogP contribution in [-0.4, -0.2) is 52.8 Å². The molecule has 8 nitrogen and oxygen atoms in total. The van der Waals surface area contributed by atoms with Crippen LogP contribution in [0.5, 0.6) is 5.75 Å². The van der Waals surface area contributed by atoms with Crippen LogP contribution >= 0.6 is 11.6 Å². The Morgan fingerprint density at radius 2 is 1.81 bits per heavy atom. The summed E-state index contributed by atoms with van der Waals surface area (Å²) < 4.78 is 16.8. The molecule has 0 aliphatic carbocycles. The number of ether oxygens (including phenoxy) is 3. The molecular formula is C23H29ClN2O6. The lowest BCUT2D eigenvalue weighted by molar-refractivity contribution is -0.163. The summed E-state index contributed by atoms with van der Waals surface area (Å²) in [6.45, 7) is 11.3. The van der Waals surface area contributed by atoms with E-state index in [9.17, 15) is 9.59 Å². The first-order valence-electron chi connectivity index (χ1n) is 10.8. The monoisotopic (exact) mass is 464 g/mol. The van der Waals surface area contributed by atoms with E-state index in [1.807, 2.05) is 6.07 Å². The Hall–Kier alpha value is -2.48. The zero-order valence-electron chi connectivity index (χ0n) is 19.2. The second kappa shape index (κ2) is 7.83. The Balaban J connectivity index is 1.64. The van der Waals surface area contributed by atoms with Gasteiger partial charge in [0.25, 0.3) is 0 Å². The van der Waals surface area contributed by atoms with Crippen molar-refractivity contribution in [3.8, 4) is 5.75 Å². The second-order valence-electron chi connectivity index (χ2n) is 10.3. The number of hydrogen-bond acceptors (Lipinski definition) is 7. The number of amides is 1. The van der Waals surface area contributed by atoms with E-state index < -0.39 is 35.5 Å². The van der Waals surface area contributed by atoms with E-state index in [-0.39, 0.29) is 5.92 Å². The molecule has 174 valence electrons. The zero-order chi connectivity index (χ0) is 23.4. The Bertz CT molecular complexity index is 978. The molecule has 9 heteroatoms. The van der Waals surface area contributed by atoms with Crippen LogP contribution in [0.3, 0.4) is 0 Å². The van der Waals surface area contributed by atoms with Gasteiger partial charge in [-0.2, -0.15) is 0 Å². The van der Waals surface area contributed by atoms with E-state index in [0.29, 0.717) is 29.5 Å². The summed E-state index contributed by atoms with van der Waals surface area (Å²) in [5.74, 6) is -0.127. The van der Waals surface area contributed by atoms with Gasteiger partial charge in [0.1, 0.15) is 23.0 Å². The number of oxime groups is 1. The number of rotatable bonds is 2. The number of nitrogens with zero attached hydrogens (tertiary/aromatic N) is 2. The molecule has 0 bridgehead atoms. The molecule has 1 amide bonds. The van der Waals surface area contributed by atoms with Gasteiger partial charge < -0.3 is 19.0 Å². The molecule has 1 aromatic carbocycles. The number of carbonyl (C=O) groups excluding carboxylic acids is 2. The summed E-state index contributed by atoms with van der Waals surface area (Å²) in [5, 5.41) is 4.78. The number of benzene rings is 1. The normalized spacial score (nSPS) is 24.3. The molecule has 32 heavy (non-hydrogen) atoms. The molecule has 0 radical (unpaired) electrons. The smallest absolute Gasteiger partial charge is 0.414 e. The SMILES string of the molecule is CC(C)(C)OC(=O)[C@@H]1CC2C(c3cc(Cl)c4c(c3)CCO4)=NO[C@H]2N1C(=O)OC(C)(C)C. The van der Waals surface area contributed by atoms with Crippen molar-refractivity contribution in [3.05, 3.63) is 28.3 Å². The van der Waals surface area contributed by atoms with Crippen LogP contribution in [0, 0.1) is 5.92 Å². The van der Waals surface area contributed by atoms with Gasteiger partial charge in [-0.25, -0.2) is 9.59 Å². The Kier molecular flexibility index (Phi) is 5.56. The summed E-state index contributed by atoms with van der Waals surface area (Å²) in [7, 11) is 0. The summed E-state index contributed by atoms with van der Waals surface area (Å²) in [6, 6.07) is 2.92. The van der Waals surface area contributed by atoms with Gasteiger partial charge in [0.15, 0.2) is 0 Å².